The van der Waals surface area contributed by atoms with E-state index in [0.29, 0.717) is 6.07 Å². The number of halogens is 4. The quantitative estimate of drug-likeness (QED) is 0.417. The van der Waals surface area contributed by atoms with E-state index in [1.807, 2.05) is 0 Å². The summed E-state index contributed by atoms with van der Waals surface area (Å²) >= 11 is 0. The molecule has 0 amide bonds. The smallest absolute Gasteiger partial charge is 0.198 e. The van der Waals surface area contributed by atoms with Crippen molar-refractivity contribution < 1.29 is 22.1 Å². The van der Waals surface area contributed by atoms with E-state index in [0.717, 1.165) is 0 Å². The van der Waals surface area contributed by atoms with E-state index in [4.69, 9.17) is 0 Å². The third-order valence-corrected chi connectivity index (χ3v) is 1.81. The van der Waals surface area contributed by atoms with Crippen LogP contribution in [0.25, 0.3) is 11.3 Å². The van der Waals surface area contributed by atoms with Crippen LogP contribution in [0.2, 0.25) is 0 Å². The number of nitrogens with zero attached hydrogens (tertiary/aromatic N) is 1. The van der Waals surface area contributed by atoms with Gasteiger partial charge in [-0.05, 0) is 6.07 Å². The van der Waals surface area contributed by atoms with Gasteiger partial charge >= 0.3 is 0 Å². The molecule has 0 saturated heterocycles. The molecule has 0 fully saturated rings. The minimum Gasteiger partial charge on any atom is -0.356 e. The highest BCUT2D eigenvalue weighted by Gasteiger charge is 2.21. The van der Waals surface area contributed by atoms with Crippen LogP contribution in [0.5, 0.6) is 0 Å². The van der Waals surface area contributed by atoms with Gasteiger partial charge in [0.25, 0.3) is 0 Å². The van der Waals surface area contributed by atoms with Crippen molar-refractivity contribution in [2.45, 2.75) is 0 Å². The van der Waals surface area contributed by atoms with Gasteiger partial charge < -0.3 is 4.52 Å². The Kier molecular flexibility index (Phi) is 2.18. The van der Waals surface area contributed by atoms with Crippen LogP contribution in [-0.2, 0) is 0 Å². The van der Waals surface area contributed by atoms with Crippen molar-refractivity contribution >= 4 is 0 Å². The van der Waals surface area contributed by atoms with Crippen LogP contribution in [0.15, 0.2) is 22.9 Å². The first-order chi connectivity index (χ1) is 7.11. The van der Waals surface area contributed by atoms with Crippen LogP contribution in [0.4, 0.5) is 17.6 Å². The molecule has 1 aromatic heterocycles. The van der Waals surface area contributed by atoms with Crippen LogP contribution in [0, 0.1) is 23.3 Å². The molecule has 0 bridgehead atoms. The second-order valence-electron chi connectivity index (χ2n) is 2.72. The van der Waals surface area contributed by atoms with Gasteiger partial charge in [0.15, 0.2) is 29.0 Å². The van der Waals surface area contributed by atoms with Crippen molar-refractivity contribution in [2.75, 3.05) is 0 Å². The molecule has 0 saturated carbocycles. The Balaban J connectivity index is 2.69. The van der Waals surface area contributed by atoms with Crippen molar-refractivity contribution in [3.63, 3.8) is 0 Å². The lowest BCUT2D eigenvalue weighted by molar-refractivity contribution is 0.401. The van der Waals surface area contributed by atoms with E-state index in [1.54, 1.807) is 0 Å². The summed E-state index contributed by atoms with van der Waals surface area (Å²) < 4.78 is 55.8. The molecule has 0 atom stereocenters. The summed E-state index contributed by atoms with van der Waals surface area (Å²) in [7, 11) is 0. The Morgan fingerprint density at radius 3 is 2.33 bits per heavy atom. The Bertz CT molecular complexity index is 495. The fourth-order valence-corrected chi connectivity index (χ4v) is 1.11. The first-order valence-corrected chi connectivity index (χ1v) is 3.85. The maximum Gasteiger partial charge on any atom is 0.198 e. The average Bonchev–Trinajstić information content (AvgIpc) is 2.73. The third-order valence-electron chi connectivity index (χ3n) is 1.81. The molecule has 1 heterocycles. The Labute approximate surface area is 81.1 Å². The van der Waals surface area contributed by atoms with Gasteiger partial charge in [0.1, 0.15) is 0 Å². The van der Waals surface area contributed by atoms with Crippen molar-refractivity contribution in [1.29, 1.82) is 0 Å². The Morgan fingerprint density at radius 1 is 1.00 bits per heavy atom. The molecule has 2 nitrogen and oxygen atoms in total. The molecule has 0 aliphatic rings. The lowest BCUT2D eigenvalue weighted by Gasteiger charge is -2.01. The maximum absolute atomic E-state index is 13.1. The molecule has 6 heteroatoms. The van der Waals surface area contributed by atoms with E-state index >= 15 is 0 Å². The highest BCUT2D eigenvalue weighted by atomic mass is 19.2. The first-order valence-electron chi connectivity index (χ1n) is 3.85. The largest absolute Gasteiger partial charge is 0.356 e. The molecular formula is C9H3F4NO. The number of rotatable bonds is 1. The second-order valence-corrected chi connectivity index (χ2v) is 2.72. The van der Waals surface area contributed by atoms with Crippen molar-refractivity contribution in [3.8, 4) is 11.3 Å². The lowest BCUT2D eigenvalue weighted by atomic mass is 10.1. The Hall–Kier alpha value is -1.85. The zero-order valence-corrected chi connectivity index (χ0v) is 7.10. The topological polar surface area (TPSA) is 26.0 Å². The summed E-state index contributed by atoms with van der Waals surface area (Å²) in [6.45, 7) is 0. The summed E-state index contributed by atoms with van der Waals surface area (Å²) in [4.78, 5) is 0. The number of benzene rings is 1. The predicted octanol–water partition coefficient (Wildman–Crippen LogP) is 2.90. The van der Waals surface area contributed by atoms with E-state index in [2.05, 4.69) is 9.68 Å². The van der Waals surface area contributed by atoms with Gasteiger partial charge in [0, 0.05) is 6.07 Å². The molecule has 0 unspecified atom stereocenters. The van der Waals surface area contributed by atoms with Crippen LogP contribution in [0.1, 0.15) is 0 Å². The van der Waals surface area contributed by atoms with Crippen molar-refractivity contribution in [3.05, 3.63) is 41.6 Å². The van der Waals surface area contributed by atoms with Gasteiger partial charge in [-0.3, -0.25) is 0 Å². The zero-order chi connectivity index (χ0) is 11.0. The lowest BCUT2D eigenvalue weighted by Crippen LogP contribution is -1.97. The van der Waals surface area contributed by atoms with Crippen LogP contribution in [0.3, 0.4) is 0 Å². The van der Waals surface area contributed by atoms with E-state index in [-0.39, 0.29) is 5.76 Å². The molecule has 0 N–H and O–H groups in total. The summed E-state index contributed by atoms with van der Waals surface area (Å²) in [5, 5.41) is 3.24. The van der Waals surface area contributed by atoms with E-state index < -0.39 is 28.8 Å². The Morgan fingerprint density at radius 2 is 1.73 bits per heavy atom. The maximum atomic E-state index is 13.1. The summed E-state index contributed by atoms with van der Waals surface area (Å²) in [6, 6.07) is 1.71. The van der Waals surface area contributed by atoms with E-state index in [1.165, 1.54) is 12.3 Å². The van der Waals surface area contributed by atoms with Crippen molar-refractivity contribution in [1.82, 2.24) is 5.16 Å². The van der Waals surface area contributed by atoms with Crippen LogP contribution in [-0.4, -0.2) is 5.16 Å². The standard InChI is InChI=1S/C9H3F4NO/c10-5-3-4(6-1-2-14-15-6)7(11)9(13)8(5)12/h1-3H. The minimum atomic E-state index is -1.87. The molecular weight excluding hydrogens is 214 g/mol. The first kappa shape index (κ1) is 9.70. The van der Waals surface area contributed by atoms with E-state index in [9.17, 15) is 17.6 Å². The predicted molar refractivity (Wildman–Crippen MR) is 41.8 cm³/mol. The van der Waals surface area contributed by atoms with Crippen LogP contribution >= 0.6 is 0 Å². The summed E-state index contributed by atoms with van der Waals surface area (Å²) in [5.74, 6) is -6.89. The fraction of sp³-hybridized carbons (Fsp3) is 0. The second kappa shape index (κ2) is 3.38. The number of aromatic nitrogens is 1. The molecule has 0 aliphatic carbocycles. The van der Waals surface area contributed by atoms with Gasteiger partial charge in [0.05, 0.1) is 11.8 Å². The average molecular weight is 217 g/mol. The van der Waals surface area contributed by atoms with Gasteiger partial charge in [-0.25, -0.2) is 17.6 Å². The van der Waals surface area contributed by atoms with Gasteiger partial charge in [-0.15, -0.1) is 0 Å². The molecule has 0 spiro atoms. The van der Waals surface area contributed by atoms with Gasteiger partial charge in [-0.2, -0.15) is 0 Å². The monoisotopic (exact) mass is 217 g/mol. The molecule has 0 aliphatic heterocycles. The summed E-state index contributed by atoms with van der Waals surface area (Å²) in [5.41, 5.74) is -0.510. The molecule has 1 aromatic carbocycles. The molecule has 2 aromatic rings. The minimum absolute atomic E-state index is 0.176. The molecule has 15 heavy (non-hydrogen) atoms. The SMILES string of the molecule is Fc1cc(-c2ccno2)c(F)c(F)c1F. The number of hydrogen-bond acceptors (Lipinski definition) is 2. The number of hydrogen-bond donors (Lipinski definition) is 0. The van der Waals surface area contributed by atoms with Gasteiger partial charge in [0.2, 0.25) is 0 Å². The fourth-order valence-electron chi connectivity index (χ4n) is 1.11. The van der Waals surface area contributed by atoms with Crippen LogP contribution < -0.4 is 0 Å². The zero-order valence-electron chi connectivity index (χ0n) is 7.10. The highest BCUT2D eigenvalue weighted by Crippen LogP contribution is 2.27. The molecule has 2 rings (SSSR count). The molecule has 78 valence electrons. The third kappa shape index (κ3) is 1.47. The highest BCUT2D eigenvalue weighted by molar-refractivity contribution is 5.57. The molecule has 0 radical (unpaired) electrons. The summed E-state index contributed by atoms with van der Waals surface area (Å²) in [6.07, 6.45) is 1.17. The van der Waals surface area contributed by atoms with Gasteiger partial charge in [-0.1, -0.05) is 5.16 Å². The van der Waals surface area contributed by atoms with Crippen molar-refractivity contribution in [2.24, 2.45) is 0 Å². The normalized spacial score (nSPS) is 10.7.